The third-order valence-corrected chi connectivity index (χ3v) is 4.57. The summed E-state index contributed by atoms with van der Waals surface area (Å²) in [4.78, 5) is 18.9. The van der Waals surface area contributed by atoms with Crippen molar-refractivity contribution in [3.8, 4) is 0 Å². The number of rotatable bonds is 4. The van der Waals surface area contributed by atoms with Gasteiger partial charge in [-0.25, -0.2) is 4.98 Å². The normalized spacial score (nSPS) is 17.0. The Labute approximate surface area is 129 Å². The van der Waals surface area contributed by atoms with Gasteiger partial charge in [0, 0.05) is 29.9 Å². The van der Waals surface area contributed by atoms with Crippen LogP contribution in [0.1, 0.15) is 29.7 Å². The molecule has 0 aliphatic carbocycles. The molecule has 0 unspecified atom stereocenters. The minimum Gasteiger partial charge on any atom is -0.364 e. The molecule has 0 spiro atoms. The summed E-state index contributed by atoms with van der Waals surface area (Å²) in [7, 11) is 0. The second kappa shape index (κ2) is 6.44. The van der Waals surface area contributed by atoms with E-state index >= 15 is 0 Å². The Hall–Kier alpha value is -1.95. The van der Waals surface area contributed by atoms with Crippen LogP contribution < -0.4 is 5.56 Å². The van der Waals surface area contributed by atoms with Gasteiger partial charge in [-0.1, -0.05) is 5.16 Å². The Kier molecular flexibility index (Phi) is 4.38. The second-order valence-electron chi connectivity index (χ2n) is 6.16. The predicted octanol–water partition coefficient (Wildman–Crippen LogP) is 1.76. The number of likely N-dealkylation sites (tertiary alicyclic amines) is 1. The van der Waals surface area contributed by atoms with E-state index in [1.807, 2.05) is 13.8 Å². The van der Waals surface area contributed by atoms with Crippen LogP contribution in [0.3, 0.4) is 0 Å². The Morgan fingerprint density at radius 1 is 1.32 bits per heavy atom. The summed E-state index contributed by atoms with van der Waals surface area (Å²) in [6.07, 6.45) is 7.36. The molecule has 22 heavy (non-hydrogen) atoms. The van der Waals surface area contributed by atoms with Gasteiger partial charge in [-0.3, -0.25) is 14.3 Å². The first-order chi connectivity index (χ1) is 10.6. The SMILES string of the molecule is Cc1ncn(CC2CCN(Cc3cnoc3)CC2)c(=O)c1C. The summed E-state index contributed by atoms with van der Waals surface area (Å²) in [6.45, 7) is 7.48. The molecule has 0 bridgehead atoms. The smallest absolute Gasteiger partial charge is 0.256 e. The molecule has 1 fully saturated rings. The van der Waals surface area contributed by atoms with Gasteiger partial charge in [0.15, 0.2) is 0 Å². The number of piperidine rings is 1. The molecule has 6 nitrogen and oxygen atoms in total. The maximum absolute atomic E-state index is 12.2. The number of hydrogen-bond acceptors (Lipinski definition) is 5. The lowest BCUT2D eigenvalue weighted by atomic mass is 9.96. The highest BCUT2D eigenvalue weighted by Gasteiger charge is 2.20. The van der Waals surface area contributed by atoms with Crippen molar-refractivity contribution in [3.05, 3.63) is 46.0 Å². The fourth-order valence-corrected chi connectivity index (χ4v) is 2.97. The maximum atomic E-state index is 12.2. The summed E-state index contributed by atoms with van der Waals surface area (Å²) in [5.74, 6) is 0.542. The van der Waals surface area contributed by atoms with E-state index in [1.165, 1.54) is 0 Å². The zero-order chi connectivity index (χ0) is 15.5. The molecule has 1 aliphatic rings. The first-order valence-corrected chi connectivity index (χ1v) is 7.76. The fourth-order valence-electron chi connectivity index (χ4n) is 2.97. The summed E-state index contributed by atoms with van der Waals surface area (Å²) in [6, 6.07) is 0. The third-order valence-electron chi connectivity index (χ3n) is 4.57. The van der Waals surface area contributed by atoms with E-state index in [4.69, 9.17) is 4.52 Å². The van der Waals surface area contributed by atoms with Crippen LogP contribution in [-0.2, 0) is 13.1 Å². The van der Waals surface area contributed by atoms with Crippen LogP contribution in [-0.4, -0.2) is 32.7 Å². The molecule has 2 aromatic heterocycles. The molecule has 2 aromatic rings. The molecule has 3 rings (SSSR count). The Bertz CT molecular complexity index is 670. The van der Waals surface area contributed by atoms with Gasteiger partial charge in [0.05, 0.1) is 12.5 Å². The van der Waals surface area contributed by atoms with Crippen molar-refractivity contribution < 1.29 is 4.52 Å². The fraction of sp³-hybridized carbons (Fsp3) is 0.562. The number of aromatic nitrogens is 3. The van der Waals surface area contributed by atoms with Crippen molar-refractivity contribution in [2.45, 2.75) is 39.8 Å². The molecule has 0 aromatic carbocycles. The number of aryl methyl sites for hydroxylation is 1. The van der Waals surface area contributed by atoms with Gasteiger partial charge in [-0.05, 0) is 45.7 Å². The molecule has 0 atom stereocenters. The zero-order valence-corrected chi connectivity index (χ0v) is 13.2. The molecular weight excluding hydrogens is 280 g/mol. The molecular formula is C16H22N4O2. The van der Waals surface area contributed by atoms with E-state index in [9.17, 15) is 4.79 Å². The Morgan fingerprint density at radius 3 is 2.77 bits per heavy atom. The van der Waals surface area contributed by atoms with Crippen LogP contribution >= 0.6 is 0 Å². The van der Waals surface area contributed by atoms with Crippen LogP contribution in [0.5, 0.6) is 0 Å². The van der Waals surface area contributed by atoms with Crippen molar-refractivity contribution in [2.24, 2.45) is 5.92 Å². The Morgan fingerprint density at radius 2 is 2.09 bits per heavy atom. The lowest BCUT2D eigenvalue weighted by Crippen LogP contribution is -2.36. The molecule has 118 valence electrons. The van der Waals surface area contributed by atoms with Gasteiger partial charge in [0.2, 0.25) is 0 Å². The van der Waals surface area contributed by atoms with E-state index in [2.05, 4.69) is 15.0 Å². The highest BCUT2D eigenvalue weighted by molar-refractivity contribution is 5.12. The van der Waals surface area contributed by atoms with Crippen LogP contribution in [0.25, 0.3) is 0 Å². The second-order valence-corrected chi connectivity index (χ2v) is 6.16. The minimum absolute atomic E-state index is 0.0967. The van der Waals surface area contributed by atoms with E-state index < -0.39 is 0 Å². The van der Waals surface area contributed by atoms with Gasteiger partial charge in [0.25, 0.3) is 5.56 Å². The number of nitrogens with zero attached hydrogens (tertiary/aromatic N) is 4. The van der Waals surface area contributed by atoms with E-state index in [0.29, 0.717) is 5.92 Å². The van der Waals surface area contributed by atoms with E-state index in [1.54, 1.807) is 23.4 Å². The van der Waals surface area contributed by atoms with Crippen LogP contribution in [0, 0.1) is 19.8 Å². The van der Waals surface area contributed by atoms with Crippen LogP contribution in [0.2, 0.25) is 0 Å². The summed E-state index contributed by atoms with van der Waals surface area (Å²) in [5.41, 5.74) is 2.80. The highest BCUT2D eigenvalue weighted by atomic mass is 16.5. The molecule has 0 saturated carbocycles. The van der Waals surface area contributed by atoms with Crippen molar-refractivity contribution in [1.29, 1.82) is 0 Å². The van der Waals surface area contributed by atoms with Crippen LogP contribution in [0.4, 0.5) is 0 Å². The lowest BCUT2D eigenvalue weighted by molar-refractivity contribution is 0.166. The molecule has 0 radical (unpaired) electrons. The van der Waals surface area contributed by atoms with Gasteiger partial charge < -0.3 is 4.52 Å². The van der Waals surface area contributed by atoms with Gasteiger partial charge in [-0.15, -0.1) is 0 Å². The average molecular weight is 302 g/mol. The molecule has 0 amide bonds. The summed E-state index contributed by atoms with van der Waals surface area (Å²) in [5, 5.41) is 3.74. The zero-order valence-electron chi connectivity index (χ0n) is 13.2. The third kappa shape index (κ3) is 3.27. The predicted molar refractivity (Wildman–Crippen MR) is 82.5 cm³/mol. The molecule has 0 N–H and O–H groups in total. The van der Waals surface area contributed by atoms with Crippen molar-refractivity contribution in [2.75, 3.05) is 13.1 Å². The van der Waals surface area contributed by atoms with Gasteiger partial charge in [0.1, 0.15) is 6.26 Å². The van der Waals surface area contributed by atoms with Gasteiger partial charge >= 0.3 is 0 Å². The van der Waals surface area contributed by atoms with Crippen molar-refractivity contribution >= 4 is 0 Å². The molecule has 6 heteroatoms. The highest BCUT2D eigenvalue weighted by Crippen LogP contribution is 2.20. The van der Waals surface area contributed by atoms with Crippen molar-refractivity contribution in [1.82, 2.24) is 19.6 Å². The van der Waals surface area contributed by atoms with Crippen molar-refractivity contribution in [3.63, 3.8) is 0 Å². The van der Waals surface area contributed by atoms with Gasteiger partial charge in [-0.2, -0.15) is 0 Å². The monoisotopic (exact) mass is 302 g/mol. The first kappa shape index (κ1) is 15.0. The number of hydrogen-bond donors (Lipinski definition) is 0. The molecule has 1 saturated heterocycles. The summed E-state index contributed by atoms with van der Waals surface area (Å²) < 4.78 is 6.64. The summed E-state index contributed by atoms with van der Waals surface area (Å²) >= 11 is 0. The largest absolute Gasteiger partial charge is 0.364 e. The first-order valence-electron chi connectivity index (χ1n) is 7.76. The lowest BCUT2D eigenvalue weighted by Gasteiger charge is -2.31. The average Bonchev–Trinajstić information content (AvgIpc) is 3.03. The molecule has 1 aliphatic heterocycles. The quantitative estimate of drug-likeness (QED) is 0.861. The topological polar surface area (TPSA) is 64.2 Å². The Balaban J connectivity index is 1.56. The standard InChI is InChI=1S/C16H22N4O2/c1-12-13(2)17-11-20(16(12)21)9-14-3-5-19(6-4-14)8-15-7-18-22-10-15/h7,10-11,14H,3-6,8-9H2,1-2H3. The van der Waals surface area contributed by atoms with Crippen LogP contribution in [0.15, 0.2) is 28.1 Å². The van der Waals surface area contributed by atoms with E-state index in [-0.39, 0.29) is 5.56 Å². The van der Waals surface area contributed by atoms with E-state index in [0.717, 1.165) is 55.8 Å². The molecule has 3 heterocycles. The maximum Gasteiger partial charge on any atom is 0.256 e. The minimum atomic E-state index is 0.0967.